The first-order valence-corrected chi connectivity index (χ1v) is 12.6. The number of alkyl carbamates (subject to hydrolysis) is 1. The summed E-state index contributed by atoms with van der Waals surface area (Å²) in [4.78, 5) is 37.2. The van der Waals surface area contributed by atoms with Crippen molar-refractivity contribution in [3.63, 3.8) is 0 Å². The Morgan fingerprint density at radius 2 is 1.46 bits per heavy atom. The predicted octanol–water partition coefficient (Wildman–Crippen LogP) is 5.00. The molecular weight excluding hydrogens is 466 g/mol. The van der Waals surface area contributed by atoms with E-state index in [1.165, 1.54) is 11.1 Å². The molecule has 0 saturated carbocycles. The highest BCUT2D eigenvalue weighted by Crippen LogP contribution is 2.44. The highest BCUT2D eigenvalue weighted by molar-refractivity contribution is 5.96. The number of hydrogen-bond donors (Lipinski definition) is 3. The van der Waals surface area contributed by atoms with E-state index in [1.54, 1.807) is 6.92 Å². The molecule has 0 heterocycles. The van der Waals surface area contributed by atoms with E-state index in [9.17, 15) is 14.4 Å². The lowest BCUT2D eigenvalue weighted by Crippen LogP contribution is -2.42. The summed E-state index contributed by atoms with van der Waals surface area (Å²) in [5.41, 5.74) is 6.43. The Labute approximate surface area is 217 Å². The molecule has 192 valence electrons. The molecule has 4 rings (SSSR count). The molecule has 7 heteroatoms. The van der Waals surface area contributed by atoms with Crippen LogP contribution in [0.3, 0.4) is 0 Å². The molecular formula is C30H33N3O4. The monoisotopic (exact) mass is 499 g/mol. The molecule has 0 aliphatic heterocycles. The van der Waals surface area contributed by atoms with Crippen molar-refractivity contribution in [3.8, 4) is 11.1 Å². The second-order valence-corrected chi connectivity index (χ2v) is 9.66. The van der Waals surface area contributed by atoms with Crippen LogP contribution < -0.4 is 16.0 Å². The molecule has 0 bridgehead atoms. The third-order valence-corrected chi connectivity index (χ3v) is 6.56. The van der Waals surface area contributed by atoms with Crippen molar-refractivity contribution in [2.45, 2.75) is 39.2 Å². The zero-order valence-corrected chi connectivity index (χ0v) is 21.4. The second kappa shape index (κ2) is 11.7. The minimum Gasteiger partial charge on any atom is -0.449 e. The summed E-state index contributed by atoms with van der Waals surface area (Å²) in [5, 5.41) is 8.26. The normalized spacial score (nSPS) is 13.6. The molecule has 0 aromatic heterocycles. The number of carbonyl (C=O) groups is 3. The number of fused-ring (bicyclic) bond motifs is 3. The number of carbonyl (C=O) groups excluding carboxylic acids is 3. The lowest BCUT2D eigenvalue weighted by atomic mass is 9.98. The van der Waals surface area contributed by atoms with Crippen LogP contribution in [0.15, 0.2) is 72.8 Å². The number of ether oxygens (including phenoxy) is 1. The van der Waals surface area contributed by atoms with Gasteiger partial charge in [0.2, 0.25) is 11.8 Å². The number of benzene rings is 3. The Hall–Kier alpha value is -4.13. The summed E-state index contributed by atoms with van der Waals surface area (Å²) in [5.74, 6) is -0.684. The molecule has 0 spiro atoms. The van der Waals surface area contributed by atoms with Gasteiger partial charge in [0.05, 0.1) is 0 Å². The lowest BCUT2D eigenvalue weighted by Gasteiger charge is -2.17. The molecule has 2 atom stereocenters. The molecule has 1 unspecified atom stereocenters. The number of anilines is 1. The number of rotatable bonds is 9. The molecule has 37 heavy (non-hydrogen) atoms. The highest BCUT2D eigenvalue weighted by atomic mass is 16.5. The zero-order chi connectivity index (χ0) is 26.4. The Balaban J connectivity index is 1.19. The first kappa shape index (κ1) is 25.9. The number of nitrogens with one attached hydrogen (secondary N) is 3. The third kappa shape index (κ3) is 6.55. The zero-order valence-electron chi connectivity index (χ0n) is 21.4. The lowest BCUT2D eigenvalue weighted by molar-refractivity contribution is -0.126. The van der Waals surface area contributed by atoms with Crippen LogP contribution in [0, 0.1) is 12.8 Å². The van der Waals surface area contributed by atoms with Crippen LogP contribution in [0.5, 0.6) is 0 Å². The van der Waals surface area contributed by atoms with Crippen molar-refractivity contribution < 1.29 is 19.1 Å². The van der Waals surface area contributed by atoms with Crippen LogP contribution in [0.2, 0.25) is 0 Å². The summed E-state index contributed by atoms with van der Waals surface area (Å²) >= 11 is 0. The van der Waals surface area contributed by atoms with Crippen molar-refractivity contribution >= 4 is 23.6 Å². The van der Waals surface area contributed by atoms with Crippen LogP contribution in [-0.4, -0.2) is 37.1 Å². The molecule has 3 aromatic rings. The average Bonchev–Trinajstić information content (AvgIpc) is 3.21. The van der Waals surface area contributed by atoms with Crippen molar-refractivity contribution in [2.75, 3.05) is 18.5 Å². The SMILES string of the molecule is Cc1ccc(NC(=O)[C@H](C)NC(=O)CC(C)CNC(=O)OCC2c3ccccc3-c3ccccc32)cc1. The Kier molecular flexibility index (Phi) is 8.23. The minimum absolute atomic E-state index is 0.00565. The van der Waals surface area contributed by atoms with Gasteiger partial charge >= 0.3 is 6.09 Å². The van der Waals surface area contributed by atoms with E-state index in [1.807, 2.05) is 62.4 Å². The standard InChI is InChI=1S/C30H33N3O4/c1-19-12-14-22(15-13-19)33-29(35)21(3)32-28(34)16-20(2)17-31-30(36)37-18-27-25-10-6-4-8-23(25)24-9-5-7-11-26(24)27/h4-15,20-21,27H,16-18H2,1-3H3,(H,31,36)(H,32,34)(H,33,35)/t20?,21-/m0/s1. The van der Waals surface area contributed by atoms with E-state index in [4.69, 9.17) is 4.74 Å². The van der Waals surface area contributed by atoms with E-state index < -0.39 is 12.1 Å². The summed E-state index contributed by atoms with van der Waals surface area (Å²) in [7, 11) is 0. The molecule has 3 amide bonds. The fraction of sp³-hybridized carbons (Fsp3) is 0.300. The van der Waals surface area contributed by atoms with Crippen molar-refractivity contribution in [2.24, 2.45) is 5.92 Å². The molecule has 0 radical (unpaired) electrons. The fourth-order valence-electron chi connectivity index (χ4n) is 4.55. The Morgan fingerprint density at radius 1 is 0.865 bits per heavy atom. The van der Waals surface area contributed by atoms with Gasteiger partial charge in [-0.3, -0.25) is 9.59 Å². The van der Waals surface area contributed by atoms with E-state index in [0.29, 0.717) is 5.69 Å². The van der Waals surface area contributed by atoms with Gasteiger partial charge in [0, 0.05) is 24.6 Å². The molecule has 3 N–H and O–H groups in total. The largest absolute Gasteiger partial charge is 0.449 e. The third-order valence-electron chi connectivity index (χ3n) is 6.56. The van der Waals surface area contributed by atoms with E-state index in [0.717, 1.165) is 16.7 Å². The molecule has 1 aliphatic carbocycles. The van der Waals surface area contributed by atoms with Gasteiger partial charge in [0.1, 0.15) is 12.6 Å². The first-order chi connectivity index (χ1) is 17.8. The van der Waals surface area contributed by atoms with Gasteiger partial charge in [-0.05, 0) is 54.2 Å². The summed E-state index contributed by atoms with van der Waals surface area (Å²) in [6, 6.07) is 23.1. The van der Waals surface area contributed by atoms with Crippen LogP contribution in [0.25, 0.3) is 11.1 Å². The summed E-state index contributed by atoms with van der Waals surface area (Å²) in [6.07, 6.45) is -0.341. The summed E-state index contributed by atoms with van der Waals surface area (Å²) < 4.78 is 5.55. The maximum Gasteiger partial charge on any atom is 0.407 e. The van der Waals surface area contributed by atoms with Crippen LogP contribution in [0.1, 0.15) is 42.9 Å². The minimum atomic E-state index is -0.684. The second-order valence-electron chi connectivity index (χ2n) is 9.66. The van der Waals surface area contributed by atoms with Gasteiger partial charge in [-0.25, -0.2) is 4.79 Å². The van der Waals surface area contributed by atoms with Gasteiger partial charge in [-0.15, -0.1) is 0 Å². The average molecular weight is 500 g/mol. The van der Waals surface area contributed by atoms with Gasteiger partial charge in [0.25, 0.3) is 0 Å². The van der Waals surface area contributed by atoms with E-state index in [2.05, 4.69) is 40.2 Å². The van der Waals surface area contributed by atoms with Crippen molar-refractivity contribution in [3.05, 3.63) is 89.5 Å². The topological polar surface area (TPSA) is 96.5 Å². The van der Waals surface area contributed by atoms with Crippen LogP contribution >= 0.6 is 0 Å². The van der Waals surface area contributed by atoms with Gasteiger partial charge < -0.3 is 20.7 Å². The molecule has 7 nitrogen and oxygen atoms in total. The number of hydrogen-bond acceptors (Lipinski definition) is 4. The van der Waals surface area contributed by atoms with Crippen LogP contribution in [0.4, 0.5) is 10.5 Å². The van der Waals surface area contributed by atoms with Gasteiger partial charge in [-0.1, -0.05) is 73.2 Å². The number of amides is 3. The maximum absolute atomic E-state index is 12.4. The van der Waals surface area contributed by atoms with E-state index >= 15 is 0 Å². The molecule has 0 saturated heterocycles. The van der Waals surface area contributed by atoms with Gasteiger partial charge in [0.15, 0.2) is 0 Å². The molecule has 3 aromatic carbocycles. The maximum atomic E-state index is 12.4. The Morgan fingerprint density at radius 3 is 2.08 bits per heavy atom. The number of aryl methyl sites for hydroxylation is 1. The summed E-state index contributed by atoms with van der Waals surface area (Å²) in [6.45, 7) is 6.00. The molecule has 1 aliphatic rings. The van der Waals surface area contributed by atoms with Gasteiger partial charge in [-0.2, -0.15) is 0 Å². The van der Waals surface area contributed by atoms with Crippen molar-refractivity contribution in [1.82, 2.24) is 10.6 Å². The first-order valence-electron chi connectivity index (χ1n) is 12.6. The smallest absolute Gasteiger partial charge is 0.407 e. The quantitative estimate of drug-likeness (QED) is 0.386. The fourth-order valence-corrected chi connectivity index (χ4v) is 4.55. The van der Waals surface area contributed by atoms with E-state index in [-0.39, 0.29) is 43.2 Å². The predicted molar refractivity (Wildman–Crippen MR) is 144 cm³/mol. The molecule has 0 fully saturated rings. The highest BCUT2D eigenvalue weighted by Gasteiger charge is 2.29. The van der Waals surface area contributed by atoms with Crippen LogP contribution in [-0.2, 0) is 14.3 Å². The van der Waals surface area contributed by atoms with Crippen molar-refractivity contribution in [1.29, 1.82) is 0 Å². The Bertz CT molecular complexity index is 1230.